The van der Waals surface area contributed by atoms with E-state index in [1.54, 1.807) is 0 Å². The van der Waals surface area contributed by atoms with Gasteiger partial charge in [-0.2, -0.15) is 47.9 Å². The van der Waals surface area contributed by atoms with E-state index in [1.165, 1.54) is 27.7 Å². The number of aliphatic hydroxyl groups is 1. The van der Waals surface area contributed by atoms with Crippen molar-refractivity contribution in [3.63, 3.8) is 0 Å². The normalized spacial score (nSPS) is 19.3. The Morgan fingerprint density at radius 2 is 1.30 bits per heavy atom. The smallest absolute Gasteiger partial charge is 0.389 e. The summed E-state index contributed by atoms with van der Waals surface area (Å²) < 4.78 is 146. The first-order chi connectivity index (χ1) is 14.5. The second-order valence-electron chi connectivity index (χ2n) is 8.70. The van der Waals surface area contributed by atoms with E-state index >= 15 is 0 Å². The first-order valence-electron chi connectivity index (χ1n) is 10.1. The maximum absolute atomic E-state index is 14.2. The maximum atomic E-state index is 14.2. The van der Waals surface area contributed by atoms with Crippen LogP contribution in [0.4, 0.5) is 39.5 Å². The molecule has 0 radical (unpaired) electrons. The number of alkyl halides is 9. The molecular weight excluding hydrogens is 495 g/mol. The summed E-state index contributed by atoms with van der Waals surface area (Å²) in [5.41, 5.74) is -1.65. The van der Waals surface area contributed by atoms with Gasteiger partial charge in [-0.1, -0.05) is 19.3 Å². The molecule has 0 aromatic heterocycles. The first-order valence-corrected chi connectivity index (χ1v) is 11.5. The molecule has 15 heteroatoms. The molecule has 0 heterocycles. The van der Waals surface area contributed by atoms with Gasteiger partial charge in [-0.15, -0.1) is 4.40 Å². The third-order valence-corrected chi connectivity index (χ3v) is 6.70. The van der Waals surface area contributed by atoms with Gasteiger partial charge in [0.15, 0.2) is 0 Å². The Morgan fingerprint density at radius 3 is 1.67 bits per heavy atom. The first kappa shape index (κ1) is 29.8. The lowest BCUT2D eigenvalue weighted by Crippen LogP contribution is -2.63. The summed E-state index contributed by atoms with van der Waals surface area (Å²) in [6.45, 7) is 5.82. The van der Waals surface area contributed by atoms with Crippen LogP contribution < -0.4 is 0 Å². The highest BCUT2D eigenvalue weighted by molar-refractivity contribution is 7.91. The zero-order valence-corrected chi connectivity index (χ0v) is 19.2. The van der Waals surface area contributed by atoms with Crippen molar-refractivity contribution in [2.45, 2.75) is 107 Å². The third-order valence-electron chi connectivity index (χ3n) is 5.35. The van der Waals surface area contributed by atoms with Crippen molar-refractivity contribution in [1.29, 1.82) is 0 Å². The Balaban J connectivity index is 3.67. The van der Waals surface area contributed by atoms with Crippen LogP contribution in [0.15, 0.2) is 4.40 Å². The SMILES string of the molecule is CC(C)N(/C(CC1(O)CCCCC1)=N\S(=O)(=O)C(F)(F)C(F)(F)C(F)(F)C(F)(F)F)C(C)C. The fraction of sp³-hybridized carbons (Fsp3) is 0.944. The van der Waals surface area contributed by atoms with Crippen molar-refractivity contribution < 1.29 is 53.0 Å². The van der Waals surface area contributed by atoms with Crippen LogP contribution in [0.1, 0.15) is 66.2 Å². The van der Waals surface area contributed by atoms with Gasteiger partial charge >= 0.3 is 33.3 Å². The highest BCUT2D eigenvalue weighted by atomic mass is 32.2. The number of hydrogen-bond donors (Lipinski definition) is 1. The molecule has 0 aliphatic heterocycles. The van der Waals surface area contributed by atoms with Gasteiger partial charge in [-0.3, -0.25) is 0 Å². The van der Waals surface area contributed by atoms with E-state index in [9.17, 15) is 53.0 Å². The molecule has 1 N–H and O–H groups in total. The van der Waals surface area contributed by atoms with Crippen molar-refractivity contribution in [3.05, 3.63) is 0 Å². The lowest BCUT2D eigenvalue weighted by atomic mass is 9.82. The fourth-order valence-corrected chi connectivity index (χ4v) is 4.77. The molecule has 1 aliphatic carbocycles. The van der Waals surface area contributed by atoms with Crippen LogP contribution in [-0.4, -0.2) is 65.2 Å². The van der Waals surface area contributed by atoms with E-state index in [2.05, 4.69) is 4.40 Å². The van der Waals surface area contributed by atoms with Crippen LogP contribution >= 0.6 is 0 Å². The quantitative estimate of drug-likeness (QED) is 0.265. The number of hydrogen-bond acceptors (Lipinski definition) is 3. The van der Waals surface area contributed by atoms with Crippen LogP contribution in [0.2, 0.25) is 0 Å². The molecular formula is C18H27F9N2O3S. The van der Waals surface area contributed by atoms with Gasteiger partial charge in [-0.25, -0.2) is 0 Å². The van der Waals surface area contributed by atoms with Crippen LogP contribution in [-0.2, 0) is 10.0 Å². The summed E-state index contributed by atoms with van der Waals surface area (Å²) >= 11 is 0. The highest BCUT2D eigenvalue weighted by Crippen LogP contribution is 2.55. The Hall–Kier alpha value is -1.25. The minimum absolute atomic E-state index is 0.0921. The molecule has 0 unspecified atom stereocenters. The Labute approximate surface area is 186 Å². The largest absolute Gasteiger partial charge is 0.460 e. The summed E-state index contributed by atoms with van der Waals surface area (Å²) in [7, 11) is -6.98. The zero-order chi connectivity index (χ0) is 26.3. The van der Waals surface area contributed by atoms with Gasteiger partial charge in [-0.05, 0) is 40.5 Å². The molecule has 0 bridgehead atoms. The van der Waals surface area contributed by atoms with E-state index in [1.807, 2.05) is 0 Å². The van der Waals surface area contributed by atoms with Crippen molar-refractivity contribution in [3.8, 4) is 0 Å². The minimum Gasteiger partial charge on any atom is -0.389 e. The average molecular weight is 522 g/mol. The predicted molar refractivity (Wildman–Crippen MR) is 102 cm³/mol. The van der Waals surface area contributed by atoms with E-state index in [-0.39, 0.29) is 12.8 Å². The molecule has 0 saturated heterocycles. The fourth-order valence-electron chi connectivity index (χ4n) is 3.76. The van der Waals surface area contributed by atoms with E-state index < -0.39 is 63.2 Å². The number of sulfonamides is 1. The third kappa shape index (κ3) is 5.70. The molecule has 1 aliphatic rings. The van der Waals surface area contributed by atoms with E-state index in [0.717, 1.165) is 4.90 Å². The predicted octanol–water partition coefficient (Wildman–Crippen LogP) is 5.34. The number of rotatable bonds is 8. The van der Waals surface area contributed by atoms with Gasteiger partial charge in [0.2, 0.25) is 0 Å². The molecule has 1 fully saturated rings. The van der Waals surface area contributed by atoms with Crippen LogP contribution in [0, 0.1) is 0 Å². The molecule has 1 rings (SSSR count). The molecule has 1 saturated carbocycles. The molecule has 0 spiro atoms. The lowest BCUT2D eigenvalue weighted by Gasteiger charge is -2.39. The maximum Gasteiger partial charge on any atom is 0.460 e. The van der Waals surface area contributed by atoms with Crippen molar-refractivity contribution in [2.75, 3.05) is 0 Å². The van der Waals surface area contributed by atoms with E-state index in [0.29, 0.717) is 19.3 Å². The van der Waals surface area contributed by atoms with Crippen LogP contribution in [0.5, 0.6) is 0 Å². The van der Waals surface area contributed by atoms with Crippen molar-refractivity contribution in [1.82, 2.24) is 4.90 Å². The molecule has 0 atom stereocenters. The van der Waals surface area contributed by atoms with Gasteiger partial charge in [0.05, 0.1) is 5.60 Å². The number of amidine groups is 1. The summed E-state index contributed by atoms with van der Waals surface area (Å²) in [6, 6.07) is -1.37. The lowest BCUT2D eigenvalue weighted by molar-refractivity contribution is -0.382. The summed E-state index contributed by atoms with van der Waals surface area (Å²) in [5.74, 6) is -15.6. The number of halogens is 9. The molecule has 33 heavy (non-hydrogen) atoms. The monoisotopic (exact) mass is 522 g/mol. The zero-order valence-electron chi connectivity index (χ0n) is 18.4. The summed E-state index contributed by atoms with van der Waals surface area (Å²) in [4.78, 5) is 1.08. The second kappa shape index (κ2) is 9.42. The van der Waals surface area contributed by atoms with Crippen molar-refractivity contribution in [2.24, 2.45) is 4.40 Å². The second-order valence-corrected chi connectivity index (χ2v) is 10.3. The van der Waals surface area contributed by atoms with Gasteiger partial charge in [0, 0.05) is 18.5 Å². The minimum atomic E-state index is -7.37. The van der Waals surface area contributed by atoms with Crippen LogP contribution in [0.25, 0.3) is 0 Å². The molecule has 0 aromatic carbocycles. The highest BCUT2D eigenvalue weighted by Gasteiger charge is 2.85. The molecule has 5 nitrogen and oxygen atoms in total. The number of nitrogens with zero attached hydrogens (tertiary/aromatic N) is 2. The van der Waals surface area contributed by atoms with Gasteiger partial charge in [0.25, 0.3) is 0 Å². The molecule has 0 aromatic rings. The van der Waals surface area contributed by atoms with Crippen molar-refractivity contribution >= 4 is 15.9 Å². The van der Waals surface area contributed by atoms with Gasteiger partial charge in [0.1, 0.15) is 5.84 Å². The Kier molecular flexibility index (Phi) is 8.50. The Morgan fingerprint density at radius 1 is 0.879 bits per heavy atom. The van der Waals surface area contributed by atoms with Crippen LogP contribution in [0.3, 0.4) is 0 Å². The average Bonchev–Trinajstić information content (AvgIpc) is 2.59. The topological polar surface area (TPSA) is 70.0 Å². The molecule has 196 valence electrons. The summed E-state index contributed by atoms with van der Waals surface area (Å²) in [6.07, 6.45) is -6.02. The Bertz CT molecular complexity index is 811. The standard InChI is InChI=1S/C18H27F9N2O3S/c1-11(2)29(12(3)4)13(10-14(30)8-6-5-7-9-14)28-33(31,32)18(26,27)16(21,22)15(19,20)17(23,24)25/h11-12,30H,5-10H2,1-4H3/b28-13-. The summed E-state index contributed by atoms with van der Waals surface area (Å²) in [5, 5.41) is 3.83. The molecule has 0 amide bonds. The van der Waals surface area contributed by atoms with Gasteiger partial charge < -0.3 is 10.0 Å². The van der Waals surface area contributed by atoms with E-state index in [4.69, 9.17) is 0 Å².